The van der Waals surface area contributed by atoms with Crippen molar-refractivity contribution >= 4 is 70.4 Å². The molecule has 1 saturated carbocycles. The van der Waals surface area contributed by atoms with Crippen molar-refractivity contribution in [3.63, 3.8) is 0 Å². The van der Waals surface area contributed by atoms with E-state index in [-0.39, 0.29) is 29.5 Å². The van der Waals surface area contributed by atoms with Crippen LogP contribution >= 0.6 is 23.2 Å². The maximum Gasteiger partial charge on any atom is 0.260 e. The van der Waals surface area contributed by atoms with Crippen molar-refractivity contribution in [3.05, 3.63) is 153 Å². The van der Waals surface area contributed by atoms with Gasteiger partial charge >= 0.3 is 0 Å². The van der Waals surface area contributed by atoms with Gasteiger partial charge in [0, 0.05) is 16.5 Å². The van der Waals surface area contributed by atoms with Crippen molar-refractivity contribution in [2.75, 3.05) is 31.7 Å². The summed E-state index contributed by atoms with van der Waals surface area (Å²) in [5.74, 6) is -6.25. The number of carbonyl (C=O) groups is 4. The summed E-state index contributed by atoms with van der Waals surface area (Å²) in [5, 5.41) is 11.8. The molecule has 14 heteroatoms. The Morgan fingerprint density at radius 3 is 2.19 bits per heavy atom. The third-order valence-electron chi connectivity index (χ3n) is 12.9. The molecule has 0 aromatic heterocycles. The minimum absolute atomic E-state index is 0.0114. The van der Waals surface area contributed by atoms with E-state index in [9.17, 15) is 14.7 Å². The number of nitrogens with one attached hydrogen (secondary N) is 1. The van der Waals surface area contributed by atoms with Crippen molar-refractivity contribution in [2.24, 2.45) is 23.7 Å². The number of ether oxygens (including phenoxy) is 3. The number of nitrogens with zero attached hydrogens (tertiary/aromatic N) is 2. The third kappa shape index (κ3) is 6.79. The Bertz CT molecular complexity index is 2760. The molecule has 11 nitrogen and oxygen atoms in total. The number of phenolic OH excluding ortho intramolecular Hbond substituents is 1. The molecule has 2 heterocycles. The fourth-order valence-corrected chi connectivity index (χ4v) is 10.5. The van der Waals surface area contributed by atoms with Gasteiger partial charge in [-0.15, -0.1) is 0 Å². The average Bonchev–Trinajstić information content (AvgIpc) is 3.67. The number of carbonyl (C=O) groups excluding carboxylic acids is 4. The zero-order valence-electron chi connectivity index (χ0n) is 34.2. The Hall–Kier alpha value is -6.63. The lowest BCUT2D eigenvalue weighted by Crippen LogP contribution is -2.53. The predicted octanol–water partition coefficient (Wildman–Crippen LogP) is 9.22. The number of anilines is 2. The first-order valence-electron chi connectivity index (χ1n) is 20.2. The number of rotatable bonds is 10. The highest BCUT2D eigenvalue weighted by molar-refractivity contribution is 6.36. The van der Waals surface area contributed by atoms with Gasteiger partial charge in [0.15, 0.2) is 11.6 Å². The fraction of sp³-hybridized carbons (Fsp3) is 0.224. The Morgan fingerprint density at radius 2 is 1.51 bits per heavy atom. The van der Waals surface area contributed by atoms with Gasteiger partial charge in [0.25, 0.3) is 11.8 Å². The molecule has 0 bridgehead atoms. The standard InChI is InChI=1S/C49H40Cl2FN3O8/c1-61-32-14-9-29(10-15-32)49-37(46(58)55(48(49)60)53-40-19-11-30(50)24-38(40)51)25-36-34(44(49)28-8-20-41(56)39(52)23-28)17-18-35-43(36)47(59)54(45(35)57)31-12-5-26(6-13-31)4-7-27-22-33(62-2)16-21-42(27)63-3/h4-17,19-24,35-37,43-44,53,56H,18,25H2,1-3H3. The summed E-state index contributed by atoms with van der Waals surface area (Å²) in [7, 11) is 4.68. The lowest BCUT2D eigenvalue weighted by Gasteiger charge is -2.50. The molecule has 6 atom stereocenters. The quantitative estimate of drug-likeness (QED) is 0.0800. The second-order valence-corrected chi connectivity index (χ2v) is 16.8. The average molecular weight is 889 g/mol. The molecule has 6 unspecified atom stereocenters. The number of imide groups is 2. The minimum atomic E-state index is -1.70. The molecule has 3 fully saturated rings. The Labute approximate surface area is 372 Å². The summed E-state index contributed by atoms with van der Waals surface area (Å²) in [6, 6.07) is 27.8. The first kappa shape index (κ1) is 41.7. The van der Waals surface area contributed by atoms with E-state index >= 15 is 14.0 Å². The van der Waals surface area contributed by atoms with Gasteiger partial charge in [-0.3, -0.25) is 29.5 Å². The normalized spacial score (nSPS) is 24.0. The van der Waals surface area contributed by atoms with E-state index < -0.39 is 64.3 Å². The van der Waals surface area contributed by atoms with Crippen LogP contribution in [0.2, 0.25) is 10.0 Å². The SMILES string of the molecule is COc1ccc(C23C(=O)N(Nc4ccc(Cl)cc4Cl)C(=O)C2CC2C(=CCC4C(=O)N(c5ccc(C=Cc6cc(OC)ccc6OC)cc5)C(=O)C42)C3c2ccc(O)c(F)c2)cc1. The number of benzene rings is 5. The van der Waals surface area contributed by atoms with Crippen molar-refractivity contribution < 1.29 is 42.9 Å². The number of phenols is 1. The molecular weight excluding hydrogens is 848 g/mol. The van der Waals surface area contributed by atoms with Crippen molar-refractivity contribution in [3.8, 4) is 23.0 Å². The lowest BCUT2D eigenvalue weighted by molar-refractivity contribution is -0.138. The van der Waals surface area contributed by atoms with Crippen LogP contribution in [0.1, 0.15) is 41.0 Å². The van der Waals surface area contributed by atoms with Gasteiger partial charge < -0.3 is 19.3 Å². The second-order valence-electron chi connectivity index (χ2n) is 16.0. The van der Waals surface area contributed by atoms with E-state index in [2.05, 4.69) is 5.43 Å². The van der Waals surface area contributed by atoms with Crippen LogP contribution in [0.25, 0.3) is 12.2 Å². The van der Waals surface area contributed by atoms with Gasteiger partial charge in [0.05, 0.1) is 60.9 Å². The number of hydrogen-bond donors (Lipinski definition) is 2. The molecule has 63 heavy (non-hydrogen) atoms. The summed E-state index contributed by atoms with van der Waals surface area (Å²) in [6.07, 6.45) is 5.81. The van der Waals surface area contributed by atoms with Gasteiger partial charge in [-0.25, -0.2) is 4.39 Å². The highest BCUT2D eigenvalue weighted by atomic mass is 35.5. The molecule has 0 radical (unpaired) electrons. The van der Waals surface area contributed by atoms with Gasteiger partial charge in [-0.2, -0.15) is 5.01 Å². The third-order valence-corrected chi connectivity index (χ3v) is 13.5. The van der Waals surface area contributed by atoms with Gasteiger partial charge in [-0.05, 0) is 108 Å². The number of hydrazine groups is 1. The molecule has 9 rings (SSSR count). The fourth-order valence-electron chi connectivity index (χ4n) is 10.1. The zero-order chi connectivity index (χ0) is 44.3. The highest BCUT2D eigenvalue weighted by Crippen LogP contribution is 2.64. The summed E-state index contributed by atoms with van der Waals surface area (Å²) in [5.41, 5.74) is 4.86. The smallest absolute Gasteiger partial charge is 0.260 e. The maximum absolute atomic E-state index is 15.5. The van der Waals surface area contributed by atoms with Crippen LogP contribution < -0.4 is 24.5 Å². The molecule has 4 amide bonds. The van der Waals surface area contributed by atoms with Crippen LogP contribution in [-0.4, -0.2) is 55.1 Å². The summed E-state index contributed by atoms with van der Waals surface area (Å²) >= 11 is 12.7. The maximum atomic E-state index is 15.5. The van der Waals surface area contributed by atoms with Gasteiger partial charge in [0.2, 0.25) is 11.8 Å². The number of amides is 4. The van der Waals surface area contributed by atoms with E-state index in [1.54, 1.807) is 80.9 Å². The topological polar surface area (TPSA) is 135 Å². The molecule has 5 aromatic rings. The molecule has 2 saturated heterocycles. The lowest BCUT2D eigenvalue weighted by atomic mass is 9.49. The number of aromatic hydroxyl groups is 1. The van der Waals surface area contributed by atoms with E-state index in [0.29, 0.717) is 44.7 Å². The molecular formula is C49H40Cl2FN3O8. The first-order valence-corrected chi connectivity index (χ1v) is 21.0. The monoisotopic (exact) mass is 887 g/mol. The minimum Gasteiger partial charge on any atom is -0.505 e. The van der Waals surface area contributed by atoms with Crippen molar-refractivity contribution in [1.29, 1.82) is 0 Å². The van der Waals surface area contributed by atoms with Gasteiger partial charge in [-0.1, -0.05) is 77.3 Å². The van der Waals surface area contributed by atoms with Crippen LogP contribution in [0, 0.1) is 29.5 Å². The van der Waals surface area contributed by atoms with E-state index in [1.807, 2.05) is 30.4 Å². The number of hydrogen-bond acceptors (Lipinski definition) is 9. The van der Waals surface area contributed by atoms with Crippen LogP contribution in [0.5, 0.6) is 23.0 Å². The molecule has 0 spiro atoms. The number of methoxy groups -OCH3 is 3. The van der Waals surface area contributed by atoms with Crippen LogP contribution in [-0.2, 0) is 24.6 Å². The van der Waals surface area contributed by atoms with Crippen LogP contribution in [0.15, 0.2) is 115 Å². The van der Waals surface area contributed by atoms with Crippen LogP contribution in [0.4, 0.5) is 15.8 Å². The molecule has 2 aliphatic heterocycles. The Morgan fingerprint density at radius 1 is 0.778 bits per heavy atom. The summed E-state index contributed by atoms with van der Waals surface area (Å²) < 4.78 is 31.9. The highest BCUT2D eigenvalue weighted by Gasteiger charge is 2.70. The number of fused-ring (bicyclic) bond motifs is 4. The molecule has 2 aliphatic carbocycles. The Balaban J connectivity index is 1.12. The Kier molecular flexibility index (Phi) is 10.8. The number of halogens is 3. The van der Waals surface area contributed by atoms with Crippen molar-refractivity contribution in [1.82, 2.24) is 5.01 Å². The largest absolute Gasteiger partial charge is 0.505 e. The molecule has 320 valence electrons. The number of allylic oxidation sites excluding steroid dienone is 2. The van der Waals surface area contributed by atoms with Crippen LogP contribution in [0.3, 0.4) is 0 Å². The first-order chi connectivity index (χ1) is 30.4. The summed E-state index contributed by atoms with van der Waals surface area (Å²) in [4.78, 5) is 60.9. The van der Waals surface area contributed by atoms with E-state index in [1.165, 1.54) is 30.2 Å². The zero-order valence-corrected chi connectivity index (χ0v) is 35.7. The molecule has 4 aliphatic rings. The van der Waals surface area contributed by atoms with Gasteiger partial charge in [0.1, 0.15) is 17.2 Å². The van der Waals surface area contributed by atoms with Crippen molar-refractivity contribution in [2.45, 2.75) is 24.2 Å². The van der Waals surface area contributed by atoms with E-state index in [4.69, 9.17) is 37.4 Å². The molecule has 2 N–H and O–H groups in total. The second kappa shape index (κ2) is 16.2. The van der Waals surface area contributed by atoms with E-state index in [0.717, 1.165) is 22.2 Å². The summed E-state index contributed by atoms with van der Waals surface area (Å²) in [6.45, 7) is 0. The predicted molar refractivity (Wildman–Crippen MR) is 236 cm³/mol. The molecule has 5 aromatic carbocycles.